The summed E-state index contributed by atoms with van der Waals surface area (Å²) in [5, 5.41) is 16.9. The predicted molar refractivity (Wildman–Crippen MR) is 60.4 cm³/mol. The number of ether oxygens (including phenoxy) is 1. The zero-order chi connectivity index (χ0) is 11.7. The molecule has 94 valence electrons. The van der Waals surface area contributed by atoms with Crippen molar-refractivity contribution in [1.29, 1.82) is 0 Å². The molecule has 1 N–H and O–H groups in total. The van der Waals surface area contributed by atoms with Crippen LogP contribution in [0.4, 0.5) is 0 Å². The number of hydrogen-bond donors (Lipinski definition) is 1. The van der Waals surface area contributed by atoms with E-state index >= 15 is 0 Å². The van der Waals surface area contributed by atoms with Gasteiger partial charge in [-0.25, -0.2) is 4.68 Å². The van der Waals surface area contributed by atoms with Gasteiger partial charge in [0.1, 0.15) is 5.69 Å². The Labute approximate surface area is 100 Å². The molecule has 0 radical (unpaired) electrons. The molecule has 2 aliphatic rings. The second kappa shape index (κ2) is 4.72. The Hall–Kier alpha value is -0.980. The largest absolute Gasteiger partial charge is 0.390 e. The molecule has 6 nitrogen and oxygen atoms in total. The van der Waals surface area contributed by atoms with Crippen LogP contribution in [0, 0.1) is 0 Å². The van der Waals surface area contributed by atoms with Crippen LogP contribution in [0.1, 0.15) is 24.6 Å². The highest BCUT2D eigenvalue weighted by Crippen LogP contribution is 2.26. The molecular weight excluding hydrogens is 220 g/mol. The fraction of sp³-hybridized carbons (Fsp3) is 0.818. The Morgan fingerprint density at radius 2 is 2.06 bits per heavy atom. The van der Waals surface area contributed by atoms with E-state index in [1.54, 1.807) is 0 Å². The molecule has 2 saturated heterocycles. The third-order valence-electron chi connectivity index (χ3n) is 3.69. The lowest BCUT2D eigenvalue weighted by atomic mass is 10.00. The van der Waals surface area contributed by atoms with Crippen molar-refractivity contribution in [3.63, 3.8) is 0 Å². The van der Waals surface area contributed by atoms with Crippen LogP contribution in [-0.2, 0) is 11.3 Å². The number of rotatable bonds is 3. The molecule has 2 aliphatic heterocycles. The summed E-state index contributed by atoms with van der Waals surface area (Å²) in [5.74, 6) is 0. The maximum atomic E-state index is 8.94. The number of aromatic nitrogens is 3. The molecule has 3 rings (SSSR count). The summed E-state index contributed by atoms with van der Waals surface area (Å²) in [6, 6.07) is 1.10. The highest BCUT2D eigenvalue weighted by atomic mass is 16.5. The first-order chi connectivity index (χ1) is 8.36. The Kier molecular flexibility index (Phi) is 3.09. The molecule has 1 aromatic heterocycles. The van der Waals surface area contributed by atoms with Gasteiger partial charge in [-0.3, -0.25) is 4.90 Å². The fourth-order valence-electron chi connectivity index (χ4n) is 2.57. The standard InChI is InChI=1S/C11H18N4O2/c16-8-9-5-15(13-12-9)11-6-14(7-11)10-1-3-17-4-2-10/h5,10-11,16H,1-4,6-8H2. The Morgan fingerprint density at radius 3 is 2.71 bits per heavy atom. The minimum Gasteiger partial charge on any atom is -0.390 e. The second-order valence-corrected chi connectivity index (χ2v) is 4.80. The van der Waals surface area contributed by atoms with Crippen molar-refractivity contribution in [1.82, 2.24) is 19.9 Å². The topological polar surface area (TPSA) is 63.4 Å². The molecule has 0 bridgehead atoms. The zero-order valence-corrected chi connectivity index (χ0v) is 9.83. The quantitative estimate of drug-likeness (QED) is 0.790. The van der Waals surface area contributed by atoms with Crippen molar-refractivity contribution in [3.8, 4) is 0 Å². The summed E-state index contributed by atoms with van der Waals surface area (Å²) in [7, 11) is 0. The molecule has 2 fully saturated rings. The monoisotopic (exact) mass is 238 g/mol. The summed E-state index contributed by atoms with van der Waals surface area (Å²) < 4.78 is 7.24. The van der Waals surface area contributed by atoms with Crippen molar-refractivity contribution in [2.75, 3.05) is 26.3 Å². The average molecular weight is 238 g/mol. The molecule has 0 atom stereocenters. The van der Waals surface area contributed by atoms with Crippen LogP contribution in [-0.4, -0.2) is 57.3 Å². The van der Waals surface area contributed by atoms with E-state index in [4.69, 9.17) is 9.84 Å². The maximum absolute atomic E-state index is 8.94. The molecule has 0 unspecified atom stereocenters. The van der Waals surface area contributed by atoms with Gasteiger partial charge in [-0.2, -0.15) is 0 Å². The number of aliphatic hydroxyl groups excluding tert-OH is 1. The molecule has 17 heavy (non-hydrogen) atoms. The normalized spacial score (nSPS) is 23.8. The molecule has 1 aromatic rings. The van der Waals surface area contributed by atoms with E-state index < -0.39 is 0 Å². The molecule has 0 spiro atoms. The zero-order valence-electron chi connectivity index (χ0n) is 9.83. The molecular formula is C11H18N4O2. The van der Waals surface area contributed by atoms with Gasteiger partial charge < -0.3 is 9.84 Å². The van der Waals surface area contributed by atoms with E-state index in [1.165, 1.54) is 0 Å². The molecule has 6 heteroatoms. The Balaban J connectivity index is 1.53. The van der Waals surface area contributed by atoms with Crippen LogP contribution in [0.15, 0.2) is 6.20 Å². The lowest BCUT2D eigenvalue weighted by molar-refractivity contribution is -0.0142. The third kappa shape index (κ3) is 2.20. The highest BCUT2D eigenvalue weighted by molar-refractivity contribution is 4.95. The second-order valence-electron chi connectivity index (χ2n) is 4.80. The van der Waals surface area contributed by atoms with E-state index in [-0.39, 0.29) is 6.61 Å². The molecule has 0 amide bonds. The first-order valence-corrected chi connectivity index (χ1v) is 6.20. The minimum atomic E-state index is -0.0314. The van der Waals surface area contributed by atoms with E-state index in [1.807, 2.05) is 10.9 Å². The van der Waals surface area contributed by atoms with Gasteiger partial charge in [0.15, 0.2) is 0 Å². The molecule has 3 heterocycles. The number of nitrogens with zero attached hydrogens (tertiary/aromatic N) is 4. The lowest BCUT2D eigenvalue weighted by Gasteiger charge is -2.45. The van der Waals surface area contributed by atoms with Gasteiger partial charge >= 0.3 is 0 Å². The van der Waals surface area contributed by atoms with Crippen LogP contribution in [0.2, 0.25) is 0 Å². The highest BCUT2D eigenvalue weighted by Gasteiger charge is 2.34. The van der Waals surface area contributed by atoms with E-state index in [9.17, 15) is 0 Å². The smallest absolute Gasteiger partial charge is 0.108 e. The summed E-state index contributed by atoms with van der Waals surface area (Å²) in [6.07, 6.45) is 4.13. The van der Waals surface area contributed by atoms with Gasteiger partial charge in [-0.05, 0) is 12.8 Å². The van der Waals surface area contributed by atoms with Crippen molar-refractivity contribution >= 4 is 0 Å². The van der Waals surface area contributed by atoms with E-state index in [0.717, 1.165) is 39.1 Å². The summed E-state index contributed by atoms with van der Waals surface area (Å²) in [5.41, 5.74) is 0.648. The van der Waals surface area contributed by atoms with Crippen LogP contribution >= 0.6 is 0 Å². The molecule has 0 saturated carbocycles. The summed E-state index contributed by atoms with van der Waals surface area (Å²) in [6.45, 7) is 3.84. The van der Waals surface area contributed by atoms with Gasteiger partial charge in [-0.1, -0.05) is 5.21 Å². The van der Waals surface area contributed by atoms with Gasteiger partial charge in [0.25, 0.3) is 0 Å². The first kappa shape index (κ1) is 11.1. The number of aliphatic hydroxyl groups is 1. The van der Waals surface area contributed by atoms with Gasteiger partial charge in [0.05, 0.1) is 18.8 Å². The van der Waals surface area contributed by atoms with E-state index in [2.05, 4.69) is 15.2 Å². The van der Waals surface area contributed by atoms with Crippen LogP contribution in [0.5, 0.6) is 0 Å². The molecule has 0 aromatic carbocycles. The van der Waals surface area contributed by atoms with Crippen LogP contribution in [0.25, 0.3) is 0 Å². The van der Waals surface area contributed by atoms with E-state index in [0.29, 0.717) is 17.8 Å². The molecule has 0 aliphatic carbocycles. The number of hydrogen-bond acceptors (Lipinski definition) is 5. The SMILES string of the molecule is OCc1cn(C2CN(C3CCOCC3)C2)nn1. The average Bonchev–Trinajstić information content (AvgIpc) is 2.77. The Bertz CT molecular complexity index is 369. The lowest BCUT2D eigenvalue weighted by Crippen LogP contribution is -2.54. The first-order valence-electron chi connectivity index (χ1n) is 6.20. The number of likely N-dealkylation sites (tertiary alicyclic amines) is 1. The predicted octanol–water partition coefficient (Wildman–Crippen LogP) is -0.194. The van der Waals surface area contributed by atoms with Crippen molar-refractivity contribution < 1.29 is 9.84 Å². The van der Waals surface area contributed by atoms with Gasteiger partial charge in [0, 0.05) is 32.3 Å². The fourth-order valence-corrected chi connectivity index (χ4v) is 2.57. The van der Waals surface area contributed by atoms with Gasteiger partial charge in [0.2, 0.25) is 0 Å². The summed E-state index contributed by atoms with van der Waals surface area (Å²) in [4.78, 5) is 2.49. The van der Waals surface area contributed by atoms with Gasteiger partial charge in [-0.15, -0.1) is 5.10 Å². The summed E-state index contributed by atoms with van der Waals surface area (Å²) >= 11 is 0. The van der Waals surface area contributed by atoms with Crippen molar-refractivity contribution in [2.24, 2.45) is 0 Å². The van der Waals surface area contributed by atoms with Crippen LogP contribution in [0.3, 0.4) is 0 Å². The van der Waals surface area contributed by atoms with Crippen molar-refractivity contribution in [2.45, 2.75) is 31.5 Å². The Morgan fingerprint density at radius 1 is 1.29 bits per heavy atom. The minimum absolute atomic E-state index is 0.0314. The third-order valence-corrected chi connectivity index (χ3v) is 3.69. The maximum Gasteiger partial charge on any atom is 0.108 e. The van der Waals surface area contributed by atoms with Crippen molar-refractivity contribution in [3.05, 3.63) is 11.9 Å². The van der Waals surface area contributed by atoms with Crippen LogP contribution < -0.4 is 0 Å².